The van der Waals surface area contributed by atoms with Crippen LogP contribution in [0.4, 0.5) is 11.4 Å². The molecule has 2 heterocycles. The minimum absolute atomic E-state index is 0.118. The highest BCUT2D eigenvalue weighted by molar-refractivity contribution is 6.34. The first kappa shape index (κ1) is 20.6. The summed E-state index contributed by atoms with van der Waals surface area (Å²) < 4.78 is 11.1. The van der Waals surface area contributed by atoms with Gasteiger partial charge in [0.05, 0.1) is 34.4 Å². The molecule has 0 saturated carbocycles. The van der Waals surface area contributed by atoms with Crippen molar-refractivity contribution in [3.05, 3.63) is 56.6 Å². The van der Waals surface area contributed by atoms with E-state index in [-0.39, 0.29) is 21.8 Å². The number of benzene rings is 2. The van der Waals surface area contributed by atoms with Crippen molar-refractivity contribution in [1.82, 2.24) is 4.90 Å². The van der Waals surface area contributed by atoms with Gasteiger partial charge in [0.1, 0.15) is 11.6 Å². The summed E-state index contributed by atoms with van der Waals surface area (Å²) in [7, 11) is 0. The number of anilines is 1. The largest absolute Gasteiger partial charge is 0.490 e. The number of hydrogen-bond donors (Lipinski definition) is 1. The van der Waals surface area contributed by atoms with E-state index in [0.29, 0.717) is 36.0 Å². The van der Waals surface area contributed by atoms with Crippen LogP contribution >= 0.6 is 11.6 Å². The highest BCUT2D eigenvalue weighted by Crippen LogP contribution is 2.38. The fraction of sp³-hybridized carbons (Fsp3) is 0.250. The average Bonchev–Trinajstić information content (AvgIpc) is 2.87. The molecule has 0 saturated heterocycles. The van der Waals surface area contributed by atoms with Crippen molar-refractivity contribution in [3.8, 4) is 11.5 Å². The van der Waals surface area contributed by atoms with Crippen molar-refractivity contribution >= 4 is 40.7 Å². The molecule has 10 nitrogen and oxygen atoms in total. The smallest absolute Gasteiger partial charge is 0.282 e. The lowest BCUT2D eigenvalue weighted by Gasteiger charge is -2.22. The number of halogens is 1. The molecule has 0 radical (unpaired) electrons. The van der Waals surface area contributed by atoms with Crippen LogP contribution in [0.1, 0.15) is 34.1 Å². The standard InChI is InChI=1S/C20H16ClN3O7/c1-10(23-19(26)11-4-2-5-14(24(28)29)17(11)20(23)27)18(25)22-13-9-16-15(8-12(13)21)30-6-3-7-31-16/h2,4-5,8-10H,3,6-7H2,1H3,(H,22,25). The fourth-order valence-corrected chi connectivity index (χ4v) is 3.62. The summed E-state index contributed by atoms with van der Waals surface area (Å²) in [6.45, 7) is 2.25. The maximum absolute atomic E-state index is 12.8. The van der Waals surface area contributed by atoms with Gasteiger partial charge in [-0.2, -0.15) is 0 Å². The van der Waals surface area contributed by atoms with Crippen LogP contribution in [-0.4, -0.2) is 46.8 Å². The maximum atomic E-state index is 12.8. The van der Waals surface area contributed by atoms with Crippen molar-refractivity contribution < 1.29 is 28.8 Å². The van der Waals surface area contributed by atoms with Gasteiger partial charge in [0, 0.05) is 24.6 Å². The third-order valence-electron chi connectivity index (χ3n) is 4.98. The summed E-state index contributed by atoms with van der Waals surface area (Å²) in [5.74, 6) is -1.54. The molecular weight excluding hydrogens is 430 g/mol. The Morgan fingerprint density at radius 3 is 2.55 bits per heavy atom. The lowest BCUT2D eigenvalue weighted by Crippen LogP contribution is -2.45. The number of nitro benzene ring substituents is 1. The number of fused-ring (bicyclic) bond motifs is 2. The van der Waals surface area contributed by atoms with Gasteiger partial charge in [-0.3, -0.25) is 29.4 Å². The monoisotopic (exact) mass is 445 g/mol. The van der Waals surface area contributed by atoms with Crippen LogP contribution in [0.15, 0.2) is 30.3 Å². The van der Waals surface area contributed by atoms with E-state index in [1.165, 1.54) is 31.2 Å². The van der Waals surface area contributed by atoms with Crippen LogP contribution in [-0.2, 0) is 4.79 Å². The number of nitro groups is 1. The zero-order valence-corrected chi connectivity index (χ0v) is 17.0. The lowest BCUT2D eigenvalue weighted by molar-refractivity contribution is -0.385. The van der Waals surface area contributed by atoms with Crippen LogP contribution < -0.4 is 14.8 Å². The Morgan fingerprint density at radius 1 is 1.19 bits per heavy atom. The molecule has 2 aromatic rings. The predicted molar refractivity (Wildman–Crippen MR) is 109 cm³/mol. The Bertz CT molecular complexity index is 1130. The predicted octanol–water partition coefficient (Wildman–Crippen LogP) is 3.03. The normalized spacial score (nSPS) is 15.9. The van der Waals surface area contributed by atoms with Crippen molar-refractivity contribution in [3.63, 3.8) is 0 Å². The van der Waals surface area contributed by atoms with E-state index < -0.39 is 34.4 Å². The fourth-order valence-electron chi connectivity index (χ4n) is 3.42. The van der Waals surface area contributed by atoms with E-state index >= 15 is 0 Å². The molecular formula is C20H16ClN3O7. The average molecular weight is 446 g/mol. The Labute approximate surface area is 180 Å². The lowest BCUT2D eigenvalue weighted by atomic mass is 10.1. The molecule has 4 rings (SSSR count). The van der Waals surface area contributed by atoms with E-state index in [1.807, 2.05) is 0 Å². The minimum atomic E-state index is -1.25. The SMILES string of the molecule is CC(C(=O)Nc1cc2c(cc1Cl)OCCCO2)N1C(=O)c2cccc([N+](=O)[O-])c2C1=O. The highest BCUT2D eigenvalue weighted by Gasteiger charge is 2.45. The molecule has 0 aromatic heterocycles. The van der Waals surface area contributed by atoms with Gasteiger partial charge in [-0.25, -0.2) is 0 Å². The first-order chi connectivity index (χ1) is 14.8. The quantitative estimate of drug-likeness (QED) is 0.435. The third kappa shape index (κ3) is 3.55. The minimum Gasteiger partial charge on any atom is -0.490 e. The van der Waals surface area contributed by atoms with E-state index in [0.717, 1.165) is 6.07 Å². The number of amides is 3. The topological polar surface area (TPSA) is 128 Å². The van der Waals surface area contributed by atoms with E-state index in [1.54, 1.807) is 0 Å². The molecule has 2 aromatic carbocycles. The molecule has 0 bridgehead atoms. The van der Waals surface area contributed by atoms with Gasteiger partial charge >= 0.3 is 0 Å². The van der Waals surface area contributed by atoms with Gasteiger partial charge in [0.2, 0.25) is 5.91 Å². The van der Waals surface area contributed by atoms with Crippen LogP contribution in [0.2, 0.25) is 5.02 Å². The first-order valence-electron chi connectivity index (χ1n) is 9.35. The Morgan fingerprint density at radius 2 is 1.87 bits per heavy atom. The number of hydrogen-bond acceptors (Lipinski definition) is 7. The molecule has 1 unspecified atom stereocenters. The maximum Gasteiger partial charge on any atom is 0.282 e. The molecule has 3 amide bonds. The second-order valence-corrected chi connectivity index (χ2v) is 7.34. The molecule has 0 aliphatic carbocycles. The van der Waals surface area contributed by atoms with Crippen molar-refractivity contribution in [2.45, 2.75) is 19.4 Å². The van der Waals surface area contributed by atoms with Crippen LogP contribution in [0.25, 0.3) is 0 Å². The number of imide groups is 1. The summed E-state index contributed by atoms with van der Waals surface area (Å²) in [6, 6.07) is 5.52. The number of nitrogens with one attached hydrogen (secondary N) is 1. The van der Waals surface area contributed by atoms with E-state index in [4.69, 9.17) is 21.1 Å². The van der Waals surface area contributed by atoms with Gasteiger partial charge in [-0.15, -0.1) is 0 Å². The number of carbonyl (C=O) groups excluding carboxylic acids is 3. The Kier molecular flexibility index (Phi) is 5.24. The molecule has 160 valence electrons. The number of rotatable bonds is 4. The van der Waals surface area contributed by atoms with Gasteiger partial charge in [-0.05, 0) is 13.0 Å². The molecule has 1 atom stereocenters. The summed E-state index contributed by atoms with van der Waals surface area (Å²) in [5, 5.41) is 14.0. The van der Waals surface area contributed by atoms with E-state index in [9.17, 15) is 24.5 Å². The van der Waals surface area contributed by atoms with Gasteiger partial charge in [0.25, 0.3) is 17.5 Å². The van der Waals surface area contributed by atoms with Gasteiger partial charge < -0.3 is 14.8 Å². The number of nitrogens with zero attached hydrogens (tertiary/aromatic N) is 2. The van der Waals surface area contributed by atoms with Gasteiger partial charge in [-0.1, -0.05) is 17.7 Å². The molecule has 0 spiro atoms. The van der Waals surface area contributed by atoms with Gasteiger partial charge in [0.15, 0.2) is 11.5 Å². The summed E-state index contributed by atoms with van der Waals surface area (Å²) in [4.78, 5) is 49.5. The van der Waals surface area contributed by atoms with Crippen LogP contribution in [0, 0.1) is 10.1 Å². The molecule has 1 N–H and O–H groups in total. The highest BCUT2D eigenvalue weighted by atomic mass is 35.5. The second kappa shape index (κ2) is 7.88. The summed E-state index contributed by atoms with van der Waals surface area (Å²) in [6.07, 6.45) is 0.691. The Balaban J connectivity index is 1.59. The summed E-state index contributed by atoms with van der Waals surface area (Å²) in [5.41, 5.74) is -0.722. The molecule has 2 aliphatic heterocycles. The van der Waals surface area contributed by atoms with Crippen molar-refractivity contribution in [2.75, 3.05) is 18.5 Å². The Hall–Kier alpha value is -3.66. The molecule has 0 fully saturated rings. The van der Waals surface area contributed by atoms with E-state index in [2.05, 4.69) is 5.32 Å². The molecule has 11 heteroatoms. The molecule has 2 aliphatic rings. The third-order valence-corrected chi connectivity index (χ3v) is 5.30. The van der Waals surface area contributed by atoms with Crippen LogP contribution in [0.5, 0.6) is 11.5 Å². The zero-order valence-electron chi connectivity index (χ0n) is 16.2. The second-order valence-electron chi connectivity index (χ2n) is 6.93. The van der Waals surface area contributed by atoms with Crippen molar-refractivity contribution in [2.24, 2.45) is 0 Å². The summed E-state index contributed by atoms with van der Waals surface area (Å²) >= 11 is 6.24. The number of ether oxygens (including phenoxy) is 2. The van der Waals surface area contributed by atoms with Crippen molar-refractivity contribution in [1.29, 1.82) is 0 Å². The molecule has 31 heavy (non-hydrogen) atoms. The number of carbonyl (C=O) groups is 3. The first-order valence-corrected chi connectivity index (χ1v) is 9.72. The van der Waals surface area contributed by atoms with Crippen LogP contribution in [0.3, 0.4) is 0 Å². The zero-order chi connectivity index (χ0) is 22.3.